The zero-order valence-electron chi connectivity index (χ0n) is 15.7. The number of nitrogens with one attached hydrogen (secondary N) is 1. The van der Waals surface area contributed by atoms with E-state index in [0.29, 0.717) is 12.1 Å². The van der Waals surface area contributed by atoms with Gasteiger partial charge in [0.15, 0.2) is 0 Å². The Morgan fingerprint density at radius 1 is 1.00 bits per heavy atom. The van der Waals surface area contributed by atoms with Gasteiger partial charge in [-0.3, -0.25) is 4.90 Å². The Morgan fingerprint density at radius 3 is 2.46 bits per heavy atom. The minimum Gasteiger partial charge on any atom is -0.492 e. The number of hydrogen-bond donors (Lipinski definition) is 1. The van der Waals surface area contributed by atoms with E-state index in [1.165, 1.54) is 43.5 Å². The summed E-state index contributed by atoms with van der Waals surface area (Å²) in [5, 5.41) is 3.89. The number of aryl methyl sites for hydroxylation is 1. The predicted octanol–water partition coefficient (Wildman–Crippen LogP) is 3.98. The van der Waals surface area contributed by atoms with Crippen molar-refractivity contribution in [2.45, 2.75) is 44.2 Å². The van der Waals surface area contributed by atoms with Gasteiger partial charge in [0.25, 0.3) is 0 Å². The summed E-state index contributed by atoms with van der Waals surface area (Å²) in [6.07, 6.45) is 3.81. The van der Waals surface area contributed by atoms with Gasteiger partial charge in [0, 0.05) is 24.5 Å². The van der Waals surface area contributed by atoms with Gasteiger partial charge in [0.05, 0.1) is 0 Å². The van der Waals surface area contributed by atoms with E-state index >= 15 is 0 Å². The van der Waals surface area contributed by atoms with E-state index in [2.05, 4.69) is 71.7 Å². The summed E-state index contributed by atoms with van der Waals surface area (Å²) in [5.41, 5.74) is 2.77. The fraction of sp³-hybridized carbons (Fsp3) is 0.478. The Bertz CT molecular complexity index is 677. The van der Waals surface area contributed by atoms with Crippen LogP contribution in [0.4, 0.5) is 0 Å². The van der Waals surface area contributed by atoms with E-state index in [9.17, 15) is 0 Å². The highest BCUT2D eigenvalue weighted by Crippen LogP contribution is 2.41. The first-order chi connectivity index (χ1) is 12.8. The number of benzene rings is 2. The van der Waals surface area contributed by atoms with E-state index in [1.54, 1.807) is 0 Å². The molecular formula is C23H30N2O. The van der Waals surface area contributed by atoms with Gasteiger partial charge in [0.1, 0.15) is 12.4 Å². The van der Waals surface area contributed by atoms with Crippen molar-refractivity contribution in [1.82, 2.24) is 10.2 Å². The van der Waals surface area contributed by atoms with Gasteiger partial charge in [-0.1, -0.05) is 48.0 Å². The molecule has 4 rings (SSSR count). The molecule has 2 aliphatic rings. The van der Waals surface area contributed by atoms with Crippen LogP contribution < -0.4 is 10.1 Å². The summed E-state index contributed by atoms with van der Waals surface area (Å²) >= 11 is 0. The molecule has 1 saturated carbocycles. The van der Waals surface area contributed by atoms with E-state index in [0.717, 1.165) is 24.8 Å². The van der Waals surface area contributed by atoms with Crippen molar-refractivity contribution in [3.8, 4) is 5.75 Å². The largest absolute Gasteiger partial charge is 0.492 e. The summed E-state index contributed by atoms with van der Waals surface area (Å²) in [4.78, 5) is 2.54. The third-order valence-electron chi connectivity index (χ3n) is 5.75. The molecule has 1 heterocycles. The number of rotatable bonds is 7. The van der Waals surface area contributed by atoms with Crippen molar-refractivity contribution >= 4 is 0 Å². The van der Waals surface area contributed by atoms with Crippen LogP contribution in [-0.2, 0) is 0 Å². The lowest BCUT2D eigenvalue weighted by atomic mass is 10.0. The minimum atomic E-state index is 0.683. The molecule has 2 fully saturated rings. The molecule has 1 N–H and O–H groups in total. The smallest absolute Gasteiger partial charge is 0.119 e. The lowest BCUT2D eigenvalue weighted by Crippen LogP contribution is -2.44. The van der Waals surface area contributed by atoms with E-state index in [-0.39, 0.29) is 0 Å². The lowest BCUT2D eigenvalue weighted by Gasteiger charge is -2.32. The molecule has 1 aliphatic heterocycles. The van der Waals surface area contributed by atoms with Gasteiger partial charge in [-0.05, 0) is 57.0 Å². The summed E-state index contributed by atoms with van der Waals surface area (Å²) in [7, 11) is 0. The van der Waals surface area contributed by atoms with Crippen molar-refractivity contribution in [1.29, 1.82) is 0 Å². The molecule has 0 bridgehead atoms. The van der Waals surface area contributed by atoms with Crippen molar-refractivity contribution in [3.63, 3.8) is 0 Å². The predicted molar refractivity (Wildman–Crippen MR) is 107 cm³/mol. The second-order valence-electron chi connectivity index (χ2n) is 7.80. The van der Waals surface area contributed by atoms with Crippen LogP contribution in [0.2, 0.25) is 0 Å². The Hall–Kier alpha value is -1.84. The zero-order valence-corrected chi connectivity index (χ0v) is 15.7. The summed E-state index contributed by atoms with van der Waals surface area (Å²) in [6, 6.07) is 20.7. The fourth-order valence-electron chi connectivity index (χ4n) is 4.00. The Kier molecular flexibility index (Phi) is 5.57. The van der Waals surface area contributed by atoms with Gasteiger partial charge < -0.3 is 10.1 Å². The van der Waals surface area contributed by atoms with Crippen molar-refractivity contribution < 1.29 is 4.74 Å². The number of nitrogens with zero attached hydrogens (tertiary/aromatic N) is 1. The zero-order chi connectivity index (χ0) is 17.8. The molecule has 1 saturated heterocycles. The number of ether oxygens (including phenoxy) is 1. The molecule has 2 aromatic rings. The van der Waals surface area contributed by atoms with E-state index in [4.69, 9.17) is 4.74 Å². The van der Waals surface area contributed by atoms with Crippen molar-refractivity contribution in [3.05, 3.63) is 65.7 Å². The molecule has 3 nitrogen and oxygen atoms in total. The average molecular weight is 351 g/mol. The van der Waals surface area contributed by atoms with Crippen LogP contribution >= 0.6 is 0 Å². The molecule has 26 heavy (non-hydrogen) atoms. The molecule has 3 heteroatoms. The van der Waals surface area contributed by atoms with Crippen molar-refractivity contribution in [2.24, 2.45) is 0 Å². The topological polar surface area (TPSA) is 24.5 Å². The number of piperidine rings is 1. The molecule has 0 aromatic heterocycles. The minimum absolute atomic E-state index is 0.683. The Morgan fingerprint density at radius 2 is 1.73 bits per heavy atom. The maximum atomic E-state index is 5.87. The second-order valence-corrected chi connectivity index (χ2v) is 7.80. The van der Waals surface area contributed by atoms with Crippen molar-refractivity contribution in [2.75, 3.05) is 26.2 Å². The van der Waals surface area contributed by atoms with E-state index < -0.39 is 0 Å². The highest BCUT2D eigenvalue weighted by Gasteiger charge is 2.39. The normalized spacial score (nSPS) is 23.7. The van der Waals surface area contributed by atoms with Crippen LogP contribution in [0.1, 0.15) is 36.3 Å². The molecule has 138 valence electrons. The summed E-state index contributed by atoms with van der Waals surface area (Å²) in [6.45, 7) is 6.26. The molecule has 0 amide bonds. The lowest BCUT2D eigenvalue weighted by molar-refractivity contribution is 0.164. The summed E-state index contributed by atoms with van der Waals surface area (Å²) < 4.78 is 5.87. The summed E-state index contributed by atoms with van der Waals surface area (Å²) in [5.74, 6) is 1.71. The highest BCUT2D eigenvalue weighted by atomic mass is 16.5. The van der Waals surface area contributed by atoms with Crippen LogP contribution in [0.5, 0.6) is 5.75 Å². The maximum absolute atomic E-state index is 5.87. The highest BCUT2D eigenvalue weighted by molar-refractivity contribution is 5.28. The third-order valence-corrected chi connectivity index (χ3v) is 5.75. The Balaban J connectivity index is 1.13. The molecule has 0 unspecified atom stereocenters. The van der Waals surface area contributed by atoms with Gasteiger partial charge in [-0.2, -0.15) is 0 Å². The number of likely N-dealkylation sites (tertiary alicyclic amines) is 1. The van der Waals surface area contributed by atoms with Gasteiger partial charge >= 0.3 is 0 Å². The first kappa shape index (κ1) is 17.6. The molecule has 1 aliphatic carbocycles. The molecule has 0 radical (unpaired) electrons. The SMILES string of the molecule is Cc1ccc(OCCN2CCC(N[C@@H]3C[C@H]3c3ccccc3)CC2)cc1. The standard InChI is InChI=1S/C23H30N2O/c1-18-7-9-21(10-8-18)26-16-15-25-13-11-20(12-14-25)24-23-17-22(23)19-5-3-2-4-6-19/h2-10,20,22-24H,11-17H2,1H3/t22-,23+/m0/s1. The maximum Gasteiger partial charge on any atom is 0.119 e. The van der Waals surface area contributed by atoms with E-state index in [1.807, 2.05) is 0 Å². The van der Waals surface area contributed by atoms with Crippen LogP contribution in [0, 0.1) is 6.92 Å². The van der Waals surface area contributed by atoms with Crippen LogP contribution in [-0.4, -0.2) is 43.2 Å². The molecule has 2 atom stereocenters. The van der Waals surface area contributed by atoms with Crippen LogP contribution in [0.15, 0.2) is 54.6 Å². The molecule has 0 spiro atoms. The number of hydrogen-bond acceptors (Lipinski definition) is 3. The molecule has 2 aromatic carbocycles. The average Bonchev–Trinajstić information content (AvgIpc) is 3.45. The van der Waals surface area contributed by atoms with Gasteiger partial charge in [-0.15, -0.1) is 0 Å². The van der Waals surface area contributed by atoms with Crippen LogP contribution in [0.3, 0.4) is 0 Å². The first-order valence-corrected chi connectivity index (χ1v) is 10.0. The Labute approximate surface area is 157 Å². The quantitative estimate of drug-likeness (QED) is 0.817. The third kappa shape index (κ3) is 4.66. The first-order valence-electron chi connectivity index (χ1n) is 10.0. The monoisotopic (exact) mass is 350 g/mol. The molecular weight excluding hydrogens is 320 g/mol. The van der Waals surface area contributed by atoms with Crippen LogP contribution in [0.25, 0.3) is 0 Å². The second kappa shape index (κ2) is 8.24. The fourth-order valence-corrected chi connectivity index (χ4v) is 4.00. The van der Waals surface area contributed by atoms with Gasteiger partial charge in [0.2, 0.25) is 0 Å². The van der Waals surface area contributed by atoms with Gasteiger partial charge in [-0.25, -0.2) is 0 Å².